The average molecular weight is 640 g/mol. The molecule has 12 heteroatoms. The molecule has 2 unspecified atom stereocenters. The molecule has 0 N–H and O–H groups in total. The van der Waals surface area contributed by atoms with Crippen molar-refractivity contribution >= 4 is 27.7 Å². The van der Waals surface area contributed by atoms with Gasteiger partial charge in [-0.2, -0.15) is 4.31 Å². The van der Waals surface area contributed by atoms with Gasteiger partial charge in [0.25, 0.3) is 5.92 Å². The van der Waals surface area contributed by atoms with E-state index in [-0.39, 0.29) is 23.8 Å². The quantitative estimate of drug-likeness (QED) is 0.355. The molecule has 0 radical (unpaired) electrons. The van der Waals surface area contributed by atoms with Gasteiger partial charge in [-0.1, -0.05) is 23.7 Å². The number of alkyl halides is 2. The third kappa shape index (κ3) is 6.41. The van der Waals surface area contributed by atoms with Crippen molar-refractivity contribution < 1.29 is 31.1 Å². The summed E-state index contributed by atoms with van der Waals surface area (Å²) in [5.74, 6) is -3.04. The fourth-order valence-electron chi connectivity index (χ4n) is 7.06. The summed E-state index contributed by atoms with van der Waals surface area (Å²) in [5.41, 5.74) is -0.417. The lowest BCUT2D eigenvalue weighted by Crippen LogP contribution is -2.55. The lowest BCUT2D eigenvalue weighted by molar-refractivity contribution is -0.0679. The van der Waals surface area contributed by atoms with Crippen molar-refractivity contribution in [2.45, 2.75) is 92.3 Å². The fraction of sp³-hybridized carbons (Fsp3) is 0.581. The standard InChI is InChI=1S/C31H37ClF3N3O4S/c32-23-7-9-26(10-8-23)43(40,41)38-27(22-3-1-4-24(33)21-22)5-2-6-28(38)30(13-14-30)42-29(39)37-17-11-25(12-18-37)36-19-15-31(34,35)16-20-36/h1,3-4,7-10,21,25,27-28H,2,5-6,11-20H2. The van der Waals surface area contributed by atoms with Gasteiger partial charge in [-0.25, -0.2) is 26.4 Å². The van der Waals surface area contributed by atoms with E-state index in [1.165, 1.54) is 40.7 Å². The Morgan fingerprint density at radius 3 is 2.21 bits per heavy atom. The SMILES string of the molecule is O=C(OC1(C2CCCC(c3cccc(F)c3)N2S(=O)(=O)c2ccc(Cl)cc2)CC1)N1CCC(N2CCC(F)(F)CC2)CC1. The molecule has 1 amide bonds. The molecule has 2 aromatic carbocycles. The van der Waals surface area contributed by atoms with Crippen LogP contribution in [0.25, 0.3) is 0 Å². The molecule has 3 aliphatic heterocycles. The van der Waals surface area contributed by atoms with E-state index in [2.05, 4.69) is 4.90 Å². The van der Waals surface area contributed by atoms with Crippen molar-refractivity contribution in [1.29, 1.82) is 0 Å². The fourth-order valence-corrected chi connectivity index (χ4v) is 9.10. The van der Waals surface area contributed by atoms with Gasteiger partial charge in [0.05, 0.1) is 17.0 Å². The Morgan fingerprint density at radius 1 is 0.907 bits per heavy atom. The van der Waals surface area contributed by atoms with Gasteiger partial charge < -0.3 is 9.64 Å². The van der Waals surface area contributed by atoms with Gasteiger partial charge in [-0.3, -0.25) is 4.90 Å². The summed E-state index contributed by atoms with van der Waals surface area (Å²) in [5, 5.41) is 0.408. The van der Waals surface area contributed by atoms with Crippen molar-refractivity contribution in [3.05, 3.63) is 64.9 Å². The van der Waals surface area contributed by atoms with E-state index in [9.17, 15) is 26.4 Å². The zero-order chi connectivity index (χ0) is 30.4. The van der Waals surface area contributed by atoms with Crippen LogP contribution in [0, 0.1) is 5.82 Å². The van der Waals surface area contributed by atoms with Crippen LogP contribution in [0.2, 0.25) is 5.02 Å². The van der Waals surface area contributed by atoms with Crippen molar-refractivity contribution in [2.75, 3.05) is 26.2 Å². The Hall–Kier alpha value is -2.34. The van der Waals surface area contributed by atoms with Crippen LogP contribution >= 0.6 is 11.6 Å². The Kier molecular flexibility index (Phi) is 8.47. The molecule has 4 aliphatic rings. The molecule has 1 aliphatic carbocycles. The first kappa shape index (κ1) is 30.7. The molecular weight excluding hydrogens is 603 g/mol. The lowest BCUT2D eigenvalue weighted by atomic mass is 9.90. The summed E-state index contributed by atoms with van der Waals surface area (Å²) >= 11 is 6.05. The van der Waals surface area contributed by atoms with Gasteiger partial charge in [0.15, 0.2) is 0 Å². The van der Waals surface area contributed by atoms with Gasteiger partial charge in [-0.05, 0) is 86.9 Å². The summed E-state index contributed by atoms with van der Waals surface area (Å²) in [6, 6.07) is 10.9. The van der Waals surface area contributed by atoms with Gasteiger partial charge in [0.1, 0.15) is 11.4 Å². The summed E-state index contributed by atoms with van der Waals surface area (Å²) < 4.78 is 77.7. The van der Waals surface area contributed by atoms with E-state index in [1.807, 2.05) is 0 Å². The first-order chi connectivity index (χ1) is 20.5. The van der Waals surface area contributed by atoms with Crippen LogP contribution in [0.5, 0.6) is 0 Å². The smallest absolute Gasteiger partial charge is 0.410 e. The molecule has 0 bridgehead atoms. The highest BCUT2D eigenvalue weighted by Crippen LogP contribution is 2.52. The highest BCUT2D eigenvalue weighted by atomic mass is 35.5. The molecule has 3 heterocycles. The third-order valence-electron chi connectivity index (χ3n) is 9.60. The first-order valence-corrected chi connectivity index (χ1v) is 16.9. The molecule has 2 aromatic rings. The van der Waals surface area contributed by atoms with E-state index in [1.54, 1.807) is 17.0 Å². The summed E-state index contributed by atoms with van der Waals surface area (Å²) in [7, 11) is -4.08. The van der Waals surface area contributed by atoms with Crippen LogP contribution in [0.3, 0.4) is 0 Å². The van der Waals surface area contributed by atoms with Crippen molar-refractivity contribution in [2.24, 2.45) is 0 Å². The maximum atomic E-state index is 14.3. The topological polar surface area (TPSA) is 70.2 Å². The number of nitrogens with zero attached hydrogens (tertiary/aromatic N) is 3. The molecule has 4 fully saturated rings. The number of ether oxygens (including phenoxy) is 1. The Balaban J connectivity index is 1.20. The van der Waals surface area contributed by atoms with E-state index in [0.29, 0.717) is 81.7 Å². The largest absolute Gasteiger partial charge is 0.441 e. The zero-order valence-corrected chi connectivity index (χ0v) is 25.5. The van der Waals surface area contributed by atoms with Crippen LogP contribution in [-0.4, -0.2) is 78.4 Å². The highest BCUT2D eigenvalue weighted by Gasteiger charge is 2.60. The van der Waals surface area contributed by atoms with E-state index < -0.39 is 45.5 Å². The molecule has 6 rings (SSSR count). The van der Waals surface area contributed by atoms with Crippen molar-refractivity contribution in [3.8, 4) is 0 Å². The normalized spacial score (nSPS) is 26.7. The molecule has 0 aromatic heterocycles. The summed E-state index contributed by atoms with van der Waals surface area (Å²) in [6.07, 6.45) is 3.38. The lowest BCUT2D eigenvalue weighted by Gasteiger charge is -2.45. The van der Waals surface area contributed by atoms with E-state index >= 15 is 0 Å². The van der Waals surface area contributed by atoms with Crippen LogP contribution in [0.15, 0.2) is 53.4 Å². The minimum absolute atomic E-state index is 0.0740. The monoisotopic (exact) mass is 639 g/mol. The number of likely N-dealkylation sites (tertiary alicyclic amines) is 2. The van der Waals surface area contributed by atoms with Crippen LogP contribution < -0.4 is 0 Å². The molecule has 43 heavy (non-hydrogen) atoms. The maximum absolute atomic E-state index is 14.3. The molecule has 3 saturated heterocycles. The predicted molar refractivity (Wildman–Crippen MR) is 156 cm³/mol. The minimum Gasteiger partial charge on any atom is -0.441 e. The van der Waals surface area contributed by atoms with Crippen molar-refractivity contribution in [1.82, 2.24) is 14.1 Å². The van der Waals surface area contributed by atoms with Gasteiger partial charge in [-0.15, -0.1) is 0 Å². The maximum Gasteiger partial charge on any atom is 0.410 e. The zero-order valence-electron chi connectivity index (χ0n) is 23.9. The van der Waals surface area contributed by atoms with Gasteiger partial charge in [0.2, 0.25) is 10.0 Å². The third-order valence-corrected chi connectivity index (χ3v) is 11.8. The Morgan fingerprint density at radius 2 is 1.58 bits per heavy atom. The number of amides is 1. The molecular formula is C31H37ClF3N3O4S. The number of sulfonamides is 1. The van der Waals surface area contributed by atoms with Crippen LogP contribution in [0.4, 0.5) is 18.0 Å². The number of hydrogen-bond donors (Lipinski definition) is 0. The number of benzene rings is 2. The molecule has 2 atom stereocenters. The van der Waals surface area contributed by atoms with Crippen LogP contribution in [0.1, 0.15) is 69.4 Å². The number of halogens is 4. The van der Waals surface area contributed by atoms with Crippen LogP contribution in [-0.2, 0) is 14.8 Å². The van der Waals surface area contributed by atoms with Gasteiger partial charge in [0, 0.05) is 50.1 Å². The number of carbonyl (C=O) groups excluding carboxylic acids is 1. The molecule has 0 spiro atoms. The highest BCUT2D eigenvalue weighted by molar-refractivity contribution is 7.89. The number of carbonyl (C=O) groups is 1. The summed E-state index contributed by atoms with van der Waals surface area (Å²) in [6.45, 7) is 1.63. The first-order valence-electron chi connectivity index (χ1n) is 15.1. The number of rotatable bonds is 6. The Bertz CT molecular complexity index is 1420. The van der Waals surface area contributed by atoms with Crippen molar-refractivity contribution in [3.63, 3.8) is 0 Å². The summed E-state index contributed by atoms with van der Waals surface area (Å²) in [4.78, 5) is 17.3. The second kappa shape index (κ2) is 11.9. The van der Waals surface area contributed by atoms with Gasteiger partial charge >= 0.3 is 6.09 Å². The number of hydrogen-bond acceptors (Lipinski definition) is 5. The minimum atomic E-state index is -4.08. The van der Waals surface area contributed by atoms with E-state index in [0.717, 1.165) is 0 Å². The average Bonchev–Trinajstić information content (AvgIpc) is 3.77. The second-order valence-electron chi connectivity index (χ2n) is 12.3. The number of piperidine rings is 3. The molecule has 234 valence electrons. The molecule has 1 saturated carbocycles. The Labute approximate surface area is 256 Å². The predicted octanol–water partition coefficient (Wildman–Crippen LogP) is 6.63. The van der Waals surface area contributed by atoms with E-state index in [4.69, 9.17) is 16.3 Å². The molecule has 7 nitrogen and oxygen atoms in total. The second-order valence-corrected chi connectivity index (χ2v) is 14.6.